The highest BCUT2D eigenvalue weighted by Gasteiger charge is 2.42. The highest BCUT2D eigenvalue weighted by Crippen LogP contribution is 2.37. The van der Waals surface area contributed by atoms with Crippen LogP contribution in [0.2, 0.25) is 5.02 Å². The second-order valence-electron chi connectivity index (χ2n) is 4.75. The van der Waals surface area contributed by atoms with Gasteiger partial charge in [0, 0.05) is 34.4 Å². The van der Waals surface area contributed by atoms with Gasteiger partial charge in [-0.05, 0) is 24.3 Å². The Kier molecular flexibility index (Phi) is 2.92. The SMILES string of the molecule is CNc1ccc(Cl)cc1C1(N)NC(=O)c2ccccc21. The molecule has 102 valence electrons. The van der Waals surface area contributed by atoms with E-state index in [0.29, 0.717) is 10.6 Å². The van der Waals surface area contributed by atoms with Gasteiger partial charge in [-0.25, -0.2) is 0 Å². The predicted molar refractivity (Wildman–Crippen MR) is 79.9 cm³/mol. The molecular formula is C15H14ClN3O. The third kappa shape index (κ3) is 1.77. The second-order valence-corrected chi connectivity index (χ2v) is 5.18. The van der Waals surface area contributed by atoms with Crippen LogP contribution in [0.15, 0.2) is 42.5 Å². The number of carbonyl (C=O) groups is 1. The van der Waals surface area contributed by atoms with Crippen LogP contribution in [0.5, 0.6) is 0 Å². The fourth-order valence-electron chi connectivity index (χ4n) is 2.61. The summed E-state index contributed by atoms with van der Waals surface area (Å²) >= 11 is 6.08. The summed E-state index contributed by atoms with van der Waals surface area (Å²) < 4.78 is 0. The minimum atomic E-state index is -1.07. The van der Waals surface area contributed by atoms with Crippen molar-refractivity contribution >= 4 is 23.2 Å². The zero-order valence-electron chi connectivity index (χ0n) is 10.9. The van der Waals surface area contributed by atoms with E-state index in [2.05, 4.69) is 10.6 Å². The molecule has 20 heavy (non-hydrogen) atoms. The van der Waals surface area contributed by atoms with Gasteiger partial charge in [-0.3, -0.25) is 4.79 Å². The molecule has 2 aromatic carbocycles. The summed E-state index contributed by atoms with van der Waals surface area (Å²) in [6.07, 6.45) is 0. The minimum absolute atomic E-state index is 0.176. The van der Waals surface area contributed by atoms with E-state index in [4.69, 9.17) is 17.3 Å². The Hall–Kier alpha value is -2.04. The molecule has 1 heterocycles. The lowest BCUT2D eigenvalue weighted by Crippen LogP contribution is -2.49. The first kappa shape index (κ1) is 13.0. The Labute approximate surface area is 121 Å². The summed E-state index contributed by atoms with van der Waals surface area (Å²) in [4.78, 5) is 12.1. The van der Waals surface area contributed by atoms with Gasteiger partial charge in [-0.15, -0.1) is 0 Å². The number of nitrogens with one attached hydrogen (secondary N) is 2. The van der Waals surface area contributed by atoms with E-state index in [-0.39, 0.29) is 5.91 Å². The molecular weight excluding hydrogens is 274 g/mol. The quantitative estimate of drug-likeness (QED) is 0.794. The third-order valence-electron chi connectivity index (χ3n) is 3.58. The van der Waals surface area contributed by atoms with Crippen LogP contribution in [-0.2, 0) is 5.66 Å². The minimum Gasteiger partial charge on any atom is -0.388 e. The topological polar surface area (TPSA) is 67.2 Å². The molecule has 4 nitrogen and oxygen atoms in total. The zero-order valence-corrected chi connectivity index (χ0v) is 11.7. The summed E-state index contributed by atoms with van der Waals surface area (Å²) in [5.41, 5.74) is 8.34. The monoisotopic (exact) mass is 287 g/mol. The fraction of sp³-hybridized carbons (Fsp3) is 0.133. The molecule has 1 atom stereocenters. The van der Waals surface area contributed by atoms with E-state index in [1.165, 1.54) is 0 Å². The highest BCUT2D eigenvalue weighted by molar-refractivity contribution is 6.30. The Morgan fingerprint density at radius 1 is 1.20 bits per heavy atom. The lowest BCUT2D eigenvalue weighted by atomic mass is 9.91. The molecule has 1 aliphatic rings. The molecule has 0 aliphatic carbocycles. The van der Waals surface area contributed by atoms with E-state index >= 15 is 0 Å². The number of rotatable bonds is 2. The maximum atomic E-state index is 12.1. The molecule has 1 aliphatic heterocycles. The molecule has 1 amide bonds. The first-order chi connectivity index (χ1) is 9.56. The molecule has 0 saturated heterocycles. The van der Waals surface area contributed by atoms with Gasteiger partial charge in [0.1, 0.15) is 5.66 Å². The van der Waals surface area contributed by atoms with Gasteiger partial charge in [-0.1, -0.05) is 29.8 Å². The number of fused-ring (bicyclic) bond motifs is 1. The molecule has 1 unspecified atom stereocenters. The van der Waals surface area contributed by atoms with Crippen molar-refractivity contribution in [2.45, 2.75) is 5.66 Å². The lowest BCUT2D eigenvalue weighted by molar-refractivity contribution is 0.0942. The smallest absolute Gasteiger partial charge is 0.253 e. The largest absolute Gasteiger partial charge is 0.388 e. The maximum Gasteiger partial charge on any atom is 0.253 e. The number of hydrogen-bond acceptors (Lipinski definition) is 3. The Morgan fingerprint density at radius 3 is 2.70 bits per heavy atom. The molecule has 2 aromatic rings. The van der Waals surface area contributed by atoms with Crippen molar-refractivity contribution in [3.05, 3.63) is 64.2 Å². The van der Waals surface area contributed by atoms with Crippen LogP contribution in [0.25, 0.3) is 0 Å². The normalized spacial score (nSPS) is 20.4. The Bertz CT molecular complexity index is 701. The van der Waals surface area contributed by atoms with Crippen LogP contribution in [0.3, 0.4) is 0 Å². The first-order valence-corrected chi connectivity index (χ1v) is 6.63. The maximum absolute atomic E-state index is 12.1. The number of halogens is 1. The van der Waals surface area contributed by atoms with Crippen LogP contribution in [0.1, 0.15) is 21.5 Å². The molecule has 0 bridgehead atoms. The van der Waals surface area contributed by atoms with Crippen molar-refractivity contribution in [3.63, 3.8) is 0 Å². The number of nitrogens with two attached hydrogens (primary N) is 1. The lowest BCUT2D eigenvalue weighted by Gasteiger charge is -2.28. The van der Waals surface area contributed by atoms with Crippen molar-refractivity contribution in [2.75, 3.05) is 12.4 Å². The summed E-state index contributed by atoms with van der Waals surface area (Å²) in [6.45, 7) is 0. The molecule has 5 heteroatoms. The van der Waals surface area contributed by atoms with Crippen LogP contribution in [0, 0.1) is 0 Å². The van der Waals surface area contributed by atoms with Crippen molar-refractivity contribution in [1.29, 1.82) is 0 Å². The standard InChI is InChI=1S/C15H14ClN3O/c1-18-13-7-6-9(16)8-12(13)15(17)11-5-3-2-4-10(11)14(20)19-15/h2-8,18H,17H2,1H3,(H,19,20). The molecule has 4 N–H and O–H groups in total. The van der Waals surface area contributed by atoms with Gasteiger partial charge in [0.15, 0.2) is 0 Å². The summed E-state index contributed by atoms with van der Waals surface area (Å²) in [5, 5.41) is 6.51. The predicted octanol–water partition coefficient (Wildman–Crippen LogP) is 2.28. The van der Waals surface area contributed by atoms with Crippen molar-refractivity contribution in [3.8, 4) is 0 Å². The molecule has 0 spiro atoms. The van der Waals surface area contributed by atoms with Crippen molar-refractivity contribution < 1.29 is 4.79 Å². The van der Waals surface area contributed by atoms with E-state index in [1.54, 1.807) is 25.2 Å². The average molecular weight is 288 g/mol. The van der Waals surface area contributed by atoms with Gasteiger partial charge in [0.05, 0.1) is 0 Å². The Balaban J connectivity index is 2.25. The van der Waals surface area contributed by atoms with Crippen LogP contribution < -0.4 is 16.4 Å². The number of benzene rings is 2. The van der Waals surface area contributed by atoms with Gasteiger partial charge in [0.25, 0.3) is 5.91 Å². The van der Waals surface area contributed by atoms with Crippen LogP contribution in [0.4, 0.5) is 5.69 Å². The average Bonchev–Trinajstić information content (AvgIpc) is 2.72. The van der Waals surface area contributed by atoms with E-state index < -0.39 is 5.66 Å². The van der Waals surface area contributed by atoms with Crippen LogP contribution >= 0.6 is 11.6 Å². The second kappa shape index (κ2) is 4.51. The number of amides is 1. The van der Waals surface area contributed by atoms with Crippen LogP contribution in [-0.4, -0.2) is 13.0 Å². The highest BCUT2D eigenvalue weighted by atomic mass is 35.5. The molecule has 0 aromatic heterocycles. The van der Waals surface area contributed by atoms with Gasteiger partial charge < -0.3 is 16.4 Å². The van der Waals surface area contributed by atoms with Crippen molar-refractivity contribution in [1.82, 2.24) is 5.32 Å². The van der Waals surface area contributed by atoms with E-state index in [1.807, 2.05) is 24.3 Å². The number of carbonyl (C=O) groups excluding carboxylic acids is 1. The third-order valence-corrected chi connectivity index (χ3v) is 3.82. The summed E-state index contributed by atoms with van der Waals surface area (Å²) in [6, 6.07) is 12.7. The van der Waals surface area contributed by atoms with Crippen molar-refractivity contribution in [2.24, 2.45) is 5.73 Å². The summed E-state index contributed by atoms with van der Waals surface area (Å²) in [5.74, 6) is -0.176. The van der Waals surface area contributed by atoms with E-state index in [0.717, 1.165) is 16.8 Å². The molecule has 0 fully saturated rings. The first-order valence-electron chi connectivity index (χ1n) is 6.25. The molecule has 0 radical (unpaired) electrons. The Morgan fingerprint density at radius 2 is 1.95 bits per heavy atom. The fourth-order valence-corrected chi connectivity index (χ4v) is 2.78. The summed E-state index contributed by atoms with van der Waals surface area (Å²) in [7, 11) is 1.80. The molecule has 0 saturated carbocycles. The van der Waals surface area contributed by atoms with Gasteiger partial charge in [0.2, 0.25) is 0 Å². The van der Waals surface area contributed by atoms with E-state index in [9.17, 15) is 4.79 Å². The molecule has 3 rings (SSSR count). The van der Waals surface area contributed by atoms with Gasteiger partial charge in [-0.2, -0.15) is 0 Å². The zero-order chi connectivity index (χ0) is 14.3. The van der Waals surface area contributed by atoms with Gasteiger partial charge >= 0.3 is 0 Å². The number of hydrogen-bond donors (Lipinski definition) is 3. The number of anilines is 1.